The number of carbonyl (C=O) groups excluding carboxylic acids is 3. The second kappa shape index (κ2) is 9.02. The van der Waals surface area contributed by atoms with Crippen LogP contribution in [0.4, 0.5) is 4.79 Å². The highest BCUT2D eigenvalue weighted by Gasteiger charge is 2.34. The first kappa shape index (κ1) is 22.3. The zero-order chi connectivity index (χ0) is 21.8. The van der Waals surface area contributed by atoms with Crippen LogP contribution in [0.1, 0.15) is 54.3 Å². The van der Waals surface area contributed by atoms with Crippen molar-refractivity contribution in [3.05, 3.63) is 23.3 Å². The first-order valence-corrected chi connectivity index (χ1v) is 9.12. The van der Waals surface area contributed by atoms with Gasteiger partial charge in [-0.15, -0.1) is 0 Å². The smallest absolute Gasteiger partial charge is 0.407 e. The molecule has 160 valence electrons. The lowest BCUT2D eigenvalue weighted by Crippen LogP contribution is -2.50. The molecule has 0 aliphatic heterocycles. The summed E-state index contributed by atoms with van der Waals surface area (Å²) in [5.74, 6) is -0.959. The van der Waals surface area contributed by atoms with Gasteiger partial charge in [0.1, 0.15) is 28.8 Å². The molecule has 0 bridgehead atoms. The van der Waals surface area contributed by atoms with Gasteiger partial charge in [0.05, 0.1) is 26.9 Å². The number of hydrogen-bond acceptors (Lipinski definition) is 8. The highest BCUT2D eigenvalue weighted by Crippen LogP contribution is 2.33. The number of alkyl carbamates (subject to hydrolysis) is 1. The van der Waals surface area contributed by atoms with Gasteiger partial charge in [0.15, 0.2) is 0 Å². The van der Waals surface area contributed by atoms with Crippen molar-refractivity contribution in [2.24, 2.45) is 0 Å². The van der Waals surface area contributed by atoms with E-state index in [1.807, 2.05) is 0 Å². The van der Waals surface area contributed by atoms with Crippen LogP contribution in [0.15, 0.2) is 12.1 Å². The average Bonchev–Trinajstić information content (AvgIpc) is 2.62. The van der Waals surface area contributed by atoms with Gasteiger partial charge in [-0.1, -0.05) is 0 Å². The number of benzene rings is 1. The lowest BCUT2D eigenvalue weighted by Gasteiger charge is -2.36. The summed E-state index contributed by atoms with van der Waals surface area (Å²) in [5.41, 5.74) is -0.616. The highest BCUT2D eigenvalue weighted by molar-refractivity contribution is 6.05. The summed E-state index contributed by atoms with van der Waals surface area (Å²) in [4.78, 5) is 36.0. The third kappa shape index (κ3) is 5.75. The molecule has 0 saturated heterocycles. The molecule has 0 heterocycles. The van der Waals surface area contributed by atoms with E-state index < -0.39 is 23.6 Å². The van der Waals surface area contributed by atoms with E-state index in [0.717, 1.165) is 0 Å². The van der Waals surface area contributed by atoms with Crippen LogP contribution in [0.5, 0.6) is 11.5 Å². The van der Waals surface area contributed by atoms with Gasteiger partial charge >= 0.3 is 18.0 Å². The maximum Gasteiger partial charge on any atom is 0.407 e. The molecule has 9 nitrogen and oxygen atoms in total. The van der Waals surface area contributed by atoms with Gasteiger partial charge in [0.25, 0.3) is 0 Å². The molecule has 1 aliphatic carbocycles. The summed E-state index contributed by atoms with van der Waals surface area (Å²) >= 11 is 0. The van der Waals surface area contributed by atoms with Gasteiger partial charge < -0.3 is 29.0 Å². The Kier molecular flexibility index (Phi) is 6.94. The van der Waals surface area contributed by atoms with E-state index in [-0.39, 0.29) is 29.0 Å². The fourth-order valence-corrected chi connectivity index (χ4v) is 2.85. The summed E-state index contributed by atoms with van der Waals surface area (Å²) < 4.78 is 25.8. The van der Waals surface area contributed by atoms with Crippen LogP contribution in [-0.4, -0.2) is 57.1 Å². The van der Waals surface area contributed by atoms with Crippen molar-refractivity contribution in [3.8, 4) is 11.5 Å². The number of ether oxygens (including phenoxy) is 5. The predicted molar refractivity (Wildman–Crippen MR) is 102 cm³/mol. The molecule has 0 unspecified atom stereocenters. The molecule has 1 N–H and O–H groups in total. The van der Waals surface area contributed by atoms with Crippen molar-refractivity contribution < 1.29 is 38.1 Å². The van der Waals surface area contributed by atoms with Gasteiger partial charge in [0.2, 0.25) is 0 Å². The zero-order valence-corrected chi connectivity index (χ0v) is 17.5. The van der Waals surface area contributed by atoms with E-state index in [1.165, 1.54) is 33.5 Å². The normalized spacial score (nSPS) is 18.1. The molecular weight excluding hydrogens is 382 g/mol. The van der Waals surface area contributed by atoms with Gasteiger partial charge in [0, 0.05) is 24.9 Å². The first-order valence-electron chi connectivity index (χ1n) is 9.12. The molecule has 9 heteroatoms. The molecular formula is C20H27NO8. The Morgan fingerprint density at radius 2 is 1.62 bits per heavy atom. The van der Waals surface area contributed by atoms with Crippen LogP contribution in [0, 0.1) is 0 Å². The van der Waals surface area contributed by atoms with E-state index in [4.69, 9.17) is 23.7 Å². The summed E-state index contributed by atoms with van der Waals surface area (Å²) in [6.45, 7) is 5.39. The van der Waals surface area contributed by atoms with Crippen molar-refractivity contribution in [1.29, 1.82) is 0 Å². The van der Waals surface area contributed by atoms with Crippen molar-refractivity contribution in [2.75, 3.05) is 21.3 Å². The third-order valence-corrected chi connectivity index (χ3v) is 4.21. The number of carbonyl (C=O) groups is 3. The lowest BCUT2D eigenvalue weighted by atomic mass is 9.89. The average molecular weight is 409 g/mol. The molecule has 1 aliphatic rings. The summed E-state index contributed by atoms with van der Waals surface area (Å²) in [6.07, 6.45) is 0.508. The summed E-state index contributed by atoms with van der Waals surface area (Å²) in [6, 6.07) is 2.86. The number of rotatable bonds is 6. The van der Waals surface area contributed by atoms with Crippen LogP contribution in [0.2, 0.25) is 0 Å². The summed E-state index contributed by atoms with van der Waals surface area (Å²) in [7, 11) is 3.79. The Balaban J connectivity index is 2.08. The fourth-order valence-electron chi connectivity index (χ4n) is 2.85. The largest absolute Gasteiger partial charge is 0.496 e. The molecule has 1 saturated carbocycles. The SMILES string of the molecule is COC(=O)c1cc(O[C@H]2C[C@H](NC(=O)OC(C)(C)C)C2)cc(OC)c1C(=O)OC. The Bertz CT molecular complexity index is 777. The summed E-state index contributed by atoms with van der Waals surface area (Å²) in [5, 5.41) is 2.78. The molecule has 0 spiro atoms. The molecule has 0 radical (unpaired) electrons. The van der Waals surface area contributed by atoms with E-state index in [2.05, 4.69) is 5.32 Å². The topological polar surface area (TPSA) is 109 Å². The Labute approximate surface area is 169 Å². The molecule has 1 amide bonds. The molecule has 1 aromatic rings. The quantitative estimate of drug-likeness (QED) is 0.564. The highest BCUT2D eigenvalue weighted by atomic mass is 16.6. The van der Waals surface area contributed by atoms with Crippen LogP contribution >= 0.6 is 0 Å². The predicted octanol–water partition coefficient (Wildman–Crippen LogP) is 2.70. The van der Waals surface area contributed by atoms with Crippen molar-refractivity contribution in [2.45, 2.75) is 51.4 Å². The minimum atomic E-state index is -0.723. The Morgan fingerprint density at radius 1 is 1.00 bits per heavy atom. The third-order valence-electron chi connectivity index (χ3n) is 4.21. The Morgan fingerprint density at radius 3 is 2.14 bits per heavy atom. The van der Waals surface area contributed by atoms with Gasteiger partial charge in [-0.05, 0) is 26.8 Å². The van der Waals surface area contributed by atoms with Gasteiger partial charge in [-0.25, -0.2) is 14.4 Å². The van der Waals surface area contributed by atoms with Crippen molar-refractivity contribution in [3.63, 3.8) is 0 Å². The molecule has 29 heavy (non-hydrogen) atoms. The second-order valence-corrected chi connectivity index (χ2v) is 7.59. The second-order valence-electron chi connectivity index (χ2n) is 7.59. The van der Waals surface area contributed by atoms with Crippen LogP contribution in [0.25, 0.3) is 0 Å². The Hall–Kier alpha value is -2.97. The molecule has 1 fully saturated rings. The maximum absolute atomic E-state index is 12.1. The van der Waals surface area contributed by atoms with E-state index in [0.29, 0.717) is 18.6 Å². The van der Waals surface area contributed by atoms with Crippen molar-refractivity contribution in [1.82, 2.24) is 5.32 Å². The minimum absolute atomic E-state index is 0.0172. The van der Waals surface area contributed by atoms with E-state index >= 15 is 0 Å². The number of esters is 2. The van der Waals surface area contributed by atoms with E-state index in [1.54, 1.807) is 20.8 Å². The maximum atomic E-state index is 12.1. The minimum Gasteiger partial charge on any atom is -0.496 e. The standard InChI is InChI=1S/C20H27NO8/c1-20(2,3)29-19(24)21-11-7-12(8-11)28-13-9-14(17(22)26-5)16(18(23)27-6)15(10-13)25-4/h9-12H,7-8H2,1-6H3,(H,21,24)/t11-,12-. The zero-order valence-electron chi connectivity index (χ0n) is 17.5. The molecule has 0 atom stereocenters. The number of nitrogens with one attached hydrogen (secondary N) is 1. The molecule has 2 rings (SSSR count). The lowest BCUT2D eigenvalue weighted by molar-refractivity contribution is 0.0360. The number of amides is 1. The van der Waals surface area contributed by atoms with Crippen LogP contribution in [-0.2, 0) is 14.2 Å². The first-order chi connectivity index (χ1) is 13.6. The molecule has 1 aromatic carbocycles. The van der Waals surface area contributed by atoms with Crippen LogP contribution < -0.4 is 14.8 Å². The van der Waals surface area contributed by atoms with Crippen molar-refractivity contribution >= 4 is 18.0 Å². The molecule has 0 aromatic heterocycles. The fraction of sp³-hybridized carbons (Fsp3) is 0.550. The number of methoxy groups -OCH3 is 3. The number of hydrogen-bond donors (Lipinski definition) is 1. The van der Waals surface area contributed by atoms with Gasteiger partial charge in [-0.3, -0.25) is 0 Å². The van der Waals surface area contributed by atoms with Gasteiger partial charge in [-0.2, -0.15) is 0 Å². The van der Waals surface area contributed by atoms with E-state index in [9.17, 15) is 14.4 Å². The van der Waals surface area contributed by atoms with Crippen LogP contribution in [0.3, 0.4) is 0 Å². The monoisotopic (exact) mass is 409 g/mol.